The third kappa shape index (κ3) is 7.33. The molecular weight excluding hydrogens is 344 g/mol. The van der Waals surface area contributed by atoms with E-state index in [1.165, 1.54) is 6.08 Å². The number of rotatable bonds is 9. The van der Waals surface area contributed by atoms with E-state index in [4.69, 9.17) is 9.94 Å². The number of nitrogens with one attached hydrogen (secondary N) is 2. The molecule has 6 heteroatoms. The van der Waals surface area contributed by atoms with Gasteiger partial charge in [0, 0.05) is 17.7 Å². The van der Waals surface area contributed by atoms with E-state index in [0.29, 0.717) is 17.9 Å². The molecule has 0 aliphatic carbocycles. The van der Waals surface area contributed by atoms with Gasteiger partial charge in [0.15, 0.2) is 0 Å². The van der Waals surface area contributed by atoms with Crippen molar-refractivity contribution in [1.82, 2.24) is 10.8 Å². The third-order valence-electron chi connectivity index (χ3n) is 3.88. The highest BCUT2D eigenvalue weighted by Gasteiger charge is 2.06. The maximum Gasteiger partial charge on any atom is 0.274 e. The molecule has 0 aliphatic heterocycles. The molecule has 27 heavy (non-hydrogen) atoms. The van der Waals surface area contributed by atoms with E-state index in [2.05, 4.69) is 5.32 Å². The molecule has 1 atom stereocenters. The van der Waals surface area contributed by atoms with Crippen LogP contribution in [0.4, 0.5) is 0 Å². The molecular formula is C21H24N2O4. The average Bonchev–Trinajstić information content (AvgIpc) is 2.70. The van der Waals surface area contributed by atoms with E-state index in [9.17, 15) is 9.59 Å². The summed E-state index contributed by atoms with van der Waals surface area (Å²) < 4.78 is 5.61. The van der Waals surface area contributed by atoms with Crippen LogP contribution in [0.1, 0.15) is 35.7 Å². The number of carbonyl (C=O) groups is 2. The van der Waals surface area contributed by atoms with Gasteiger partial charge in [-0.1, -0.05) is 30.3 Å². The van der Waals surface area contributed by atoms with Gasteiger partial charge in [-0.05, 0) is 55.7 Å². The molecule has 0 aromatic heterocycles. The Hall–Kier alpha value is -3.12. The summed E-state index contributed by atoms with van der Waals surface area (Å²) in [5, 5.41) is 11.5. The second-order valence-corrected chi connectivity index (χ2v) is 6.11. The predicted octanol–water partition coefficient (Wildman–Crippen LogP) is 3.18. The van der Waals surface area contributed by atoms with Crippen molar-refractivity contribution in [3.8, 4) is 5.75 Å². The molecule has 0 fully saturated rings. The summed E-state index contributed by atoms with van der Waals surface area (Å²) in [5.74, 6) is -0.0376. The fourth-order valence-corrected chi connectivity index (χ4v) is 2.45. The number of ether oxygens (including phenoxy) is 1. The van der Waals surface area contributed by atoms with E-state index in [1.807, 2.05) is 37.3 Å². The van der Waals surface area contributed by atoms with Gasteiger partial charge in [0.05, 0.1) is 6.61 Å². The van der Waals surface area contributed by atoms with Gasteiger partial charge in [0.2, 0.25) is 5.91 Å². The first-order valence-corrected chi connectivity index (χ1v) is 8.79. The monoisotopic (exact) mass is 368 g/mol. The highest BCUT2D eigenvalue weighted by molar-refractivity contribution is 5.93. The van der Waals surface area contributed by atoms with Gasteiger partial charge < -0.3 is 10.1 Å². The first kappa shape index (κ1) is 20.2. The van der Waals surface area contributed by atoms with Crippen molar-refractivity contribution in [3.63, 3.8) is 0 Å². The minimum Gasteiger partial charge on any atom is -0.494 e. The molecule has 6 nitrogen and oxygen atoms in total. The van der Waals surface area contributed by atoms with Crippen LogP contribution in [0, 0.1) is 0 Å². The first-order valence-electron chi connectivity index (χ1n) is 8.79. The minimum absolute atomic E-state index is 0.0390. The maximum absolute atomic E-state index is 11.9. The molecule has 0 unspecified atom stereocenters. The fourth-order valence-electron chi connectivity index (χ4n) is 2.45. The zero-order chi connectivity index (χ0) is 19.5. The molecule has 0 aliphatic rings. The number of amides is 2. The highest BCUT2D eigenvalue weighted by Crippen LogP contribution is 2.13. The van der Waals surface area contributed by atoms with Gasteiger partial charge in [0.25, 0.3) is 5.91 Å². The van der Waals surface area contributed by atoms with E-state index < -0.39 is 5.91 Å². The Kier molecular flexibility index (Phi) is 8.06. The molecule has 2 aromatic carbocycles. The summed E-state index contributed by atoms with van der Waals surface area (Å²) in [7, 11) is 0. The Morgan fingerprint density at radius 2 is 1.81 bits per heavy atom. The number of hydrogen-bond acceptors (Lipinski definition) is 4. The lowest BCUT2D eigenvalue weighted by molar-refractivity contribution is -0.117. The van der Waals surface area contributed by atoms with Crippen molar-refractivity contribution in [2.24, 2.45) is 0 Å². The summed E-state index contributed by atoms with van der Waals surface area (Å²) in [5.41, 5.74) is 2.91. The van der Waals surface area contributed by atoms with Crippen LogP contribution < -0.4 is 15.5 Å². The normalized spacial score (nSPS) is 11.8. The average molecular weight is 368 g/mol. The Morgan fingerprint density at radius 3 is 2.48 bits per heavy atom. The van der Waals surface area contributed by atoms with Crippen LogP contribution in [0.3, 0.4) is 0 Å². The molecule has 2 amide bonds. The highest BCUT2D eigenvalue weighted by atomic mass is 16.5. The van der Waals surface area contributed by atoms with Crippen LogP contribution >= 0.6 is 0 Å². The van der Waals surface area contributed by atoms with E-state index >= 15 is 0 Å². The number of hydroxylamine groups is 1. The largest absolute Gasteiger partial charge is 0.494 e. The van der Waals surface area contributed by atoms with Crippen molar-refractivity contribution in [2.45, 2.75) is 25.8 Å². The third-order valence-corrected chi connectivity index (χ3v) is 3.88. The lowest BCUT2D eigenvalue weighted by Gasteiger charge is -2.13. The van der Waals surface area contributed by atoms with Crippen LogP contribution in [0.15, 0.2) is 60.7 Å². The Morgan fingerprint density at radius 1 is 1.11 bits per heavy atom. The van der Waals surface area contributed by atoms with E-state index in [0.717, 1.165) is 18.4 Å². The lowest BCUT2D eigenvalue weighted by atomic mass is 10.2. The number of benzene rings is 2. The maximum atomic E-state index is 11.9. The van der Waals surface area contributed by atoms with Crippen LogP contribution in [0.2, 0.25) is 0 Å². The Labute approximate surface area is 158 Å². The first-order chi connectivity index (χ1) is 13.1. The van der Waals surface area contributed by atoms with Gasteiger partial charge in [-0.25, -0.2) is 5.48 Å². The molecule has 3 N–H and O–H groups in total. The molecule has 0 radical (unpaired) electrons. The lowest BCUT2D eigenvalue weighted by Crippen LogP contribution is -2.31. The van der Waals surface area contributed by atoms with Crippen LogP contribution in [-0.4, -0.2) is 29.7 Å². The van der Waals surface area contributed by atoms with Crippen LogP contribution in [-0.2, 0) is 4.79 Å². The summed E-state index contributed by atoms with van der Waals surface area (Å²) >= 11 is 0. The van der Waals surface area contributed by atoms with Gasteiger partial charge in [-0.2, -0.15) is 0 Å². The summed E-state index contributed by atoms with van der Waals surface area (Å²) in [6, 6.07) is 16.2. The molecule has 0 saturated heterocycles. The minimum atomic E-state index is -0.563. The zero-order valence-electron chi connectivity index (χ0n) is 15.2. The quantitative estimate of drug-likeness (QED) is 0.275. The second kappa shape index (κ2) is 10.8. The topological polar surface area (TPSA) is 87.7 Å². The molecule has 0 spiro atoms. The Bertz CT molecular complexity index is 758. The predicted molar refractivity (Wildman–Crippen MR) is 104 cm³/mol. The standard InChI is InChI=1S/C21H24N2O4/c1-16(22-20(24)14-9-17-7-3-2-4-8-17)6-5-15-27-19-12-10-18(11-13-19)21(25)23-26/h2-4,7-14,16,26H,5-6,15H2,1H3,(H,22,24)(H,23,25)/b14-9+/t16-/m0/s1. The van der Waals surface area contributed by atoms with Crippen molar-refractivity contribution >= 4 is 17.9 Å². The number of carbonyl (C=O) groups excluding carboxylic acids is 2. The van der Waals surface area contributed by atoms with E-state index in [1.54, 1.807) is 35.8 Å². The molecule has 2 aromatic rings. The molecule has 142 valence electrons. The fraction of sp³-hybridized carbons (Fsp3) is 0.238. The molecule has 2 rings (SSSR count). The van der Waals surface area contributed by atoms with Crippen molar-refractivity contribution in [3.05, 3.63) is 71.8 Å². The van der Waals surface area contributed by atoms with Gasteiger partial charge in [-0.15, -0.1) is 0 Å². The second-order valence-electron chi connectivity index (χ2n) is 6.11. The Balaban J connectivity index is 1.65. The summed E-state index contributed by atoms with van der Waals surface area (Å²) in [6.07, 6.45) is 4.89. The molecule has 0 bridgehead atoms. The SMILES string of the molecule is C[C@@H](CCCOc1ccc(C(=O)NO)cc1)NC(=O)/C=C/c1ccccc1. The van der Waals surface area contributed by atoms with Crippen molar-refractivity contribution in [1.29, 1.82) is 0 Å². The van der Waals surface area contributed by atoms with Gasteiger partial charge >= 0.3 is 0 Å². The number of hydrogen-bond donors (Lipinski definition) is 3. The molecule has 0 saturated carbocycles. The molecule has 0 heterocycles. The van der Waals surface area contributed by atoms with Crippen LogP contribution in [0.5, 0.6) is 5.75 Å². The van der Waals surface area contributed by atoms with Gasteiger partial charge in [-0.3, -0.25) is 14.8 Å². The van der Waals surface area contributed by atoms with Crippen molar-refractivity contribution < 1.29 is 19.5 Å². The summed E-state index contributed by atoms with van der Waals surface area (Å²) in [4.78, 5) is 23.1. The van der Waals surface area contributed by atoms with Gasteiger partial charge in [0.1, 0.15) is 5.75 Å². The summed E-state index contributed by atoms with van der Waals surface area (Å²) in [6.45, 7) is 2.46. The van der Waals surface area contributed by atoms with Crippen molar-refractivity contribution in [2.75, 3.05) is 6.61 Å². The smallest absolute Gasteiger partial charge is 0.274 e. The van der Waals surface area contributed by atoms with Crippen LogP contribution in [0.25, 0.3) is 6.08 Å². The zero-order valence-corrected chi connectivity index (χ0v) is 15.2. The van der Waals surface area contributed by atoms with E-state index in [-0.39, 0.29) is 11.9 Å².